The molecule has 0 saturated carbocycles. The first kappa shape index (κ1) is 30.5. The summed E-state index contributed by atoms with van der Waals surface area (Å²) in [5, 5.41) is 0. The number of hydrogen-bond donors (Lipinski definition) is 1. The minimum atomic E-state index is -0.488. The van der Waals surface area contributed by atoms with E-state index in [4.69, 9.17) is 32.2 Å². The number of carbonyl (C=O) groups excluding carboxylic acids is 2. The zero-order valence-corrected chi connectivity index (χ0v) is 24.6. The standard InChI is InChI=1S/C30H29N3O5S2.ClH/c31-28(34)22-4-10-26(11-5-22)38-25-8-2-21(3-9-25)20-27-29(35)33(30(39)40-27)23-6-12-24(13-7-23)37-17-1-14-32-15-18-36-19-16-32;/h2-13,20H,1,14-19H2,(H2,31,34);1H/b27-20-;. The maximum atomic E-state index is 13.2. The molecule has 2 saturated heterocycles. The molecule has 0 atom stereocenters. The average molecular weight is 612 g/mol. The lowest BCUT2D eigenvalue weighted by Crippen LogP contribution is -2.37. The number of anilines is 1. The molecule has 2 aliphatic heterocycles. The van der Waals surface area contributed by atoms with Crippen LogP contribution in [-0.2, 0) is 9.53 Å². The van der Waals surface area contributed by atoms with Gasteiger partial charge in [-0.05, 0) is 78.7 Å². The summed E-state index contributed by atoms with van der Waals surface area (Å²) >= 11 is 6.80. The first-order valence-electron chi connectivity index (χ1n) is 12.9. The van der Waals surface area contributed by atoms with Crippen molar-refractivity contribution in [3.8, 4) is 17.2 Å². The van der Waals surface area contributed by atoms with Gasteiger partial charge >= 0.3 is 0 Å². The fraction of sp³-hybridized carbons (Fsp3) is 0.233. The van der Waals surface area contributed by atoms with Crippen LogP contribution >= 0.6 is 36.4 Å². The van der Waals surface area contributed by atoms with Crippen LogP contribution in [-0.4, -0.2) is 60.5 Å². The first-order valence-corrected chi connectivity index (χ1v) is 14.2. The number of ether oxygens (including phenoxy) is 3. The Hall–Kier alpha value is -3.41. The number of thioether (sulfide) groups is 1. The van der Waals surface area contributed by atoms with Gasteiger partial charge in [0.1, 0.15) is 17.2 Å². The van der Waals surface area contributed by atoms with E-state index in [0.717, 1.165) is 50.6 Å². The third-order valence-electron chi connectivity index (χ3n) is 6.43. The fourth-order valence-electron chi connectivity index (χ4n) is 4.29. The second kappa shape index (κ2) is 14.5. The molecule has 0 aromatic heterocycles. The lowest BCUT2D eigenvalue weighted by molar-refractivity contribution is -0.113. The molecule has 41 heavy (non-hydrogen) atoms. The number of hydrogen-bond acceptors (Lipinski definition) is 8. The normalized spacial score (nSPS) is 16.5. The second-order valence-electron chi connectivity index (χ2n) is 9.23. The van der Waals surface area contributed by atoms with Crippen LogP contribution in [0.3, 0.4) is 0 Å². The Kier molecular flexibility index (Phi) is 10.8. The molecular weight excluding hydrogens is 582 g/mol. The first-order chi connectivity index (χ1) is 19.5. The van der Waals surface area contributed by atoms with E-state index in [9.17, 15) is 9.59 Å². The molecule has 0 bridgehead atoms. The number of amides is 2. The van der Waals surface area contributed by atoms with Crippen LogP contribution < -0.4 is 20.1 Å². The van der Waals surface area contributed by atoms with Crippen molar-refractivity contribution < 1.29 is 23.8 Å². The summed E-state index contributed by atoms with van der Waals surface area (Å²) in [5.41, 5.74) is 7.24. The molecule has 3 aromatic rings. The molecule has 5 rings (SSSR count). The van der Waals surface area contributed by atoms with Crippen LogP contribution in [0.5, 0.6) is 17.2 Å². The van der Waals surface area contributed by atoms with E-state index in [-0.39, 0.29) is 18.3 Å². The highest BCUT2D eigenvalue weighted by Gasteiger charge is 2.33. The third-order valence-corrected chi connectivity index (χ3v) is 7.73. The molecule has 2 amide bonds. The number of carbonyl (C=O) groups is 2. The van der Waals surface area contributed by atoms with Crippen molar-refractivity contribution in [2.24, 2.45) is 5.73 Å². The molecule has 3 aromatic carbocycles. The van der Waals surface area contributed by atoms with Crippen LogP contribution in [0.4, 0.5) is 5.69 Å². The molecule has 0 unspecified atom stereocenters. The Morgan fingerprint density at radius 2 is 1.56 bits per heavy atom. The van der Waals surface area contributed by atoms with Gasteiger partial charge in [-0.1, -0.05) is 36.1 Å². The van der Waals surface area contributed by atoms with Gasteiger partial charge in [0.15, 0.2) is 4.32 Å². The fourth-order valence-corrected chi connectivity index (χ4v) is 5.59. The van der Waals surface area contributed by atoms with Crippen LogP contribution in [0.25, 0.3) is 6.08 Å². The van der Waals surface area contributed by atoms with Crippen molar-refractivity contribution in [2.45, 2.75) is 6.42 Å². The molecular formula is C30H30ClN3O5S2. The Balaban J connectivity index is 0.00000387. The SMILES string of the molecule is Cl.NC(=O)c1ccc(Oc2ccc(/C=C3\SC(=S)N(c4ccc(OCCCN5CCOCC5)cc4)C3=O)cc2)cc1. The zero-order chi connectivity index (χ0) is 27.9. The van der Waals surface area contributed by atoms with E-state index in [1.807, 2.05) is 54.6 Å². The monoisotopic (exact) mass is 611 g/mol. The zero-order valence-electron chi connectivity index (χ0n) is 22.2. The maximum Gasteiger partial charge on any atom is 0.270 e. The Labute approximate surface area is 254 Å². The Bertz CT molecular complexity index is 1390. The molecule has 2 heterocycles. The average Bonchev–Trinajstić information content (AvgIpc) is 3.25. The number of primary amides is 1. The van der Waals surface area contributed by atoms with E-state index in [1.165, 1.54) is 11.8 Å². The number of nitrogens with zero attached hydrogens (tertiary/aromatic N) is 2. The molecule has 0 radical (unpaired) electrons. The van der Waals surface area contributed by atoms with Gasteiger partial charge in [-0.15, -0.1) is 12.4 Å². The number of benzene rings is 3. The van der Waals surface area contributed by atoms with E-state index >= 15 is 0 Å². The van der Waals surface area contributed by atoms with Gasteiger partial charge in [-0.2, -0.15) is 0 Å². The molecule has 0 spiro atoms. The van der Waals surface area contributed by atoms with Gasteiger partial charge in [0.05, 0.1) is 30.4 Å². The van der Waals surface area contributed by atoms with E-state index in [1.54, 1.807) is 29.2 Å². The molecule has 2 aliphatic rings. The van der Waals surface area contributed by atoms with Crippen LogP contribution in [0, 0.1) is 0 Å². The van der Waals surface area contributed by atoms with Crippen molar-refractivity contribution >= 4 is 64.3 Å². The lowest BCUT2D eigenvalue weighted by atomic mass is 10.2. The third kappa shape index (κ3) is 8.08. The highest BCUT2D eigenvalue weighted by atomic mass is 35.5. The molecule has 2 N–H and O–H groups in total. The molecule has 11 heteroatoms. The van der Waals surface area contributed by atoms with Gasteiger partial charge < -0.3 is 19.9 Å². The summed E-state index contributed by atoms with van der Waals surface area (Å²) in [4.78, 5) is 28.9. The molecule has 8 nitrogen and oxygen atoms in total. The number of halogens is 1. The van der Waals surface area contributed by atoms with Crippen LogP contribution in [0.2, 0.25) is 0 Å². The van der Waals surface area contributed by atoms with Gasteiger partial charge in [0.25, 0.3) is 5.91 Å². The van der Waals surface area contributed by atoms with Crippen molar-refractivity contribution in [3.05, 3.63) is 88.8 Å². The predicted octanol–water partition coefficient (Wildman–Crippen LogP) is 5.51. The minimum absolute atomic E-state index is 0. The summed E-state index contributed by atoms with van der Waals surface area (Å²) in [6.07, 6.45) is 2.76. The number of nitrogens with two attached hydrogens (primary N) is 1. The van der Waals surface area contributed by atoms with E-state index < -0.39 is 5.91 Å². The lowest BCUT2D eigenvalue weighted by Gasteiger charge is -2.26. The van der Waals surface area contributed by atoms with Gasteiger partial charge in [0.2, 0.25) is 5.91 Å². The predicted molar refractivity (Wildman–Crippen MR) is 168 cm³/mol. The molecule has 214 valence electrons. The molecule has 2 fully saturated rings. The van der Waals surface area contributed by atoms with Crippen molar-refractivity contribution in [1.29, 1.82) is 0 Å². The topological polar surface area (TPSA) is 94.3 Å². The Morgan fingerprint density at radius 1 is 0.951 bits per heavy atom. The minimum Gasteiger partial charge on any atom is -0.494 e. The summed E-state index contributed by atoms with van der Waals surface area (Å²) in [5.74, 6) is 1.32. The van der Waals surface area contributed by atoms with Crippen molar-refractivity contribution in [1.82, 2.24) is 4.90 Å². The maximum absolute atomic E-state index is 13.2. The smallest absolute Gasteiger partial charge is 0.270 e. The number of morpholine rings is 1. The highest BCUT2D eigenvalue weighted by molar-refractivity contribution is 8.27. The summed E-state index contributed by atoms with van der Waals surface area (Å²) in [7, 11) is 0. The quantitative estimate of drug-likeness (QED) is 0.182. The number of thiocarbonyl (C=S) groups is 1. The Morgan fingerprint density at radius 3 is 2.20 bits per heavy atom. The summed E-state index contributed by atoms with van der Waals surface area (Å²) in [6, 6.07) is 21.4. The molecule has 0 aliphatic carbocycles. The van der Waals surface area contributed by atoms with Gasteiger partial charge in [0, 0.05) is 25.2 Å². The highest BCUT2D eigenvalue weighted by Crippen LogP contribution is 2.36. The summed E-state index contributed by atoms with van der Waals surface area (Å²) < 4.78 is 17.6. The largest absolute Gasteiger partial charge is 0.494 e. The van der Waals surface area contributed by atoms with Gasteiger partial charge in [-0.25, -0.2) is 0 Å². The van der Waals surface area contributed by atoms with Crippen molar-refractivity contribution in [2.75, 3.05) is 44.4 Å². The summed E-state index contributed by atoms with van der Waals surface area (Å²) in [6.45, 7) is 5.17. The van der Waals surface area contributed by atoms with Crippen LogP contribution in [0.1, 0.15) is 22.3 Å². The van der Waals surface area contributed by atoms with E-state index in [2.05, 4.69) is 4.90 Å². The number of rotatable bonds is 10. The van der Waals surface area contributed by atoms with Crippen LogP contribution in [0.15, 0.2) is 77.7 Å². The second-order valence-corrected chi connectivity index (χ2v) is 10.9. The van der Waals surface area contributed by atoms with Gasteiger partial charge in [-0.3, -0.25) is 19.4 Å². The van der Waals surface area contributed by atoms with Crippen molar-refractivity contribution in [3.63, 3.8) is 0 Å². The van der Waals surface area contributed by atoms with E-state index in [0.29, 0.717) is 38.6 Å².